The van der Waals surface area contributed by atoms with Gasteiger partial charge in [0.05, 0.1) is 4.90 Å². The Morgan fingerprint density at radius 3 is 1.74 bits per heavy atom. The average molecular weight is 535 g/mol. The summed E-state index contributed by atoms with van der Waals surface area (Å²) >= 11 is 0. The van der Waals surface area contributed by atoms with Crippen LogP contribution in [0.5, 0.6) is 5.75 Å². The molecule has 200 valence electrons. The van der Waals surface area contributed by atoms with Crippen molar-refractivity contribution in [1.82, 2.24) is 9.84 Å². The van der Waals surface area contributed by atoms with E-state index in [4.69, 9.17) is 0 Å². The van der Waals surface area contributed by atoms with Gasteiger partial charge in [0.25, 0.3) is 10.0 Å². The van der Waals surface area contributed by atoms with Crippen LogP contribution >= 0.6 is 0 Å². The van der Waals surface area contributed by atoms with Gasteiger partial charge >= 0.3 is 0 Å². The number of phenols is 1. The minimum atomic E-state index is -4.02. The molecule has 38 heavy (non-hydrogen) atoms. The zero-order chi connectivity index (χ0) is 27.6. The number of ketones is 2. The number of allylic oxidation sites excluding steroid dienone is 4. The monoisotopic (exact) mass is 534 g/mol. The van der Waals surface area contributed by atoms with Crippen LogP contribution in [-0.2, 0) is 19.6 Å². The Morgan fingerprint density at radius 2 is 1.26 bits per heavy atom. The predicted octanol–water partition coefficient (Wildman–Crippen LogP) is 5.28. The lowest BCUT2D eigenvalue weighted by Crippen LogP contribution is -2.50. The standard InChI is InChI=1S/C30H34N2O5S/c1-18-6-12-21(13-7-18)38(36,37)31-32-22-14-29(2,3)16-24(34)27(22)26(19-8-10-20(33)11-9-19)28-23(32)15-30(4,5)17-25(28)35/h6-13,26,31,33H,14-17H2,1-5H3. The largest absolute Gasteiger partial charge is 0.508 e. The molecular weight excluding hydrogens is 500 g/mol. The minimum absolute atomic E-state index is 0.0904. The molecule has 0 fully saturated rings. The van der Waals surface area contributed by atoms with E-state index in [1.165, 1.54) is 5.01 Å². The highest BCUT2D eigenvalue weighted by Crippen LogP contribution is 2.54. The third-order valence-electron chi connectivity index (χ3n) is 7.68. The van der Waals surface area contributed by atoms with Crippen molar-refractivity contribution < 1.29 is 23.1 Å². The molecule has 2 aliphatic carbocycles. The van der Waals surface area contributed by atoms with Crippen molar-refractivity contribution in [3.05, 3.63) is 82.2 Å². The summed E-state index contributed by atoms with van der Waals surface area (Å²) < 4.78 is 27.3. The zero-order valence-corrected chi connectivity index (χ0v) is 23.3. The number of nitrogens with one attached hydrogen (secondary N) is 1. The van der Waals surface area contributed by atoms with Gasteiger partial charge in [-0.05, 0) is 60.4 Å². The van der Waals surface area contributed by atoms with Crippen LogP contribution in [0.3, 0.4) is 0 Å². The van der Waals surface area contributed by atoms with Crippen molar-refractivity contribution in [2.75, 3.05) is 0 Å². The summed E-state index contributed by atoms with van der Waals surface area (Å²) in [6.45, 7) is 9.87. The van der Waals surface area contributed by atoms with Gasteiger partial charge in [-0.25, -0.2) is 8.42 Å². The van der Waals surface area contributed by atoms with Gasteiger partial charge in [0.1, 0.15) is 5.75 Å². The van der Waals surface area contributed by atoms with Gasteiger partial charge in [-0.1, -0.05) is 57.5 Å². The molecule has 2 aromatic rings. The molecule has 0 saturated heterocycles. The molecule has 2 aromatic carbocycles. The molecule has 8 heteroatoms. The van der Waals surface area contributed by atoms with Crippen LogP contribution in [-0.4, -0.2) is 30.1 Å². The molecule has 0 saturated carbocycles. The first kappa shape index (κ1) is 26.4. The van der Waals surface area contributed by atoms with E-state index in [1.54, 1.807) is 48.5 Å². The van der Waals surface area contributed by atoms with Crippen LogP contribution in [0.2, 0.25) is 0 Å². The average Bonchev–Trinajstić information content (AvgIpc) is 2.79. The van der Waals surface area contributed by atoms with Crippen molar-refractivity contribution >= 4 is 21.6 Å². The molecule has 1 aliphatic heterocycles. The van der Waals surface area contributed by atoms with Crippen LogP contribution in [0.1, 0.15) is 70.4 Å². The topological polar surface area (TPSA) is 104 Å². The van der Waals surface area contributed by atoms with E-state index in [1.807, 2.05) is 34.6 Å². The summed E-state index contributed by atoms with van der Waals surface area (Å²) in [7, 11) is -4.02. The van der Waals surface area contributed by atoms with E-state index in [0.717, 1.165) is 11.1 Å². The Hall–Kier alpha value is -3.23. The summed E-state index contributed by atoms with van der Waals surface area (Å²) in [6, 6.07) is 13.2. The number of aryl methyl sites for hydroxylation is 1. The second-order valence-corrected chi connectivity index (χ2v) is 14.0. The quantitative estimate of drug-likeness (QED) is 0.553. The van der Waals surface area contributed by atoms with Crippen LogP contribution in [0.15, 0.2) is 76.0 Å². The number of aromatic hydroxyl groups is 1. The van der Waals surface area contributed by atoms with E-state index in [9.17, 15) is 23.1 Å². The fourth-order valence-corrected chi connectivity index (χ4v) is 7.03. The maximum absolute atomic E-state index is 13.8. The third-order valence-corrected chi connectivity index (χ3v) is 8.99. The fourth-order valence-electron chi connectivity index (χ4n) is 5.97. The number of benzene rings is 2. The molecule has 7 nitrogen and oxygen atoms in total. The molecule has 0 spiro atoms. The van der Waals surface area contributed by atoms with Gasteiger partial charge in [0.15, 0.2) is 11.6 Å². The lowest BCUT2D eigenvalue weighted by Gasteiger charge is -2.48. The van der Waals surface area contributed by atoms with E-state index in [0.29, 0.717) is 48.2 Å². The first-order valence-corrected chi connectivity index (χ1v) is 14.4. The number of hydrogen-bond acceptors (Lipinski definition) is 6. The number of hydrazine groups is 1. The molecule has 0 atom stereocenters. The summed E-state index contributed by atoms with van der Waals surface area (Å²) in [5.41, 5.74) is 2.96. The predicted molar refractivity (Wildman–Crippen MR) is 144 cm³/mol. The SMILES string of the molecule is Cc1ccc(S(=O)(=O)NN2C3=C(C(=O)CC(C)(C)C3)C(c3ccc(O)cc3)C3=C2CC(C)(C)CC3=O)cc1. The van der Waals surface area contributed by atoms with Gasteiger partial charge in [-0.3, -0.25) is 14.6 Å². The maximum Gasteiger partial charge on any atom is 0.257 e. The van der Waals surface area contributed by atoms with Crippen molar-refractivity contribution in [3.8, 4) is 5.75 Å². The van der Waals surface area contributed by atoms with Crippen LogP contribution < -0.4 is 4.83 Å². The number of Topliss-reactive ketones (excluding diaryl/α,β-unsaturated/α-hetero) is 2. The van der Waals surface area contributed by atoms with E-state index in [-0.39, 0.29) is 22.2 Å². The number of carbonyl (C=O) groups is 2. The fraction of sp³-hybridized carbons (Fsp3) is 0.400. The number of hydrogen-bond donors (Lipinski definition) is 2. The van der Waals surface area contributed by atoms with Crippen molar-refractivity contribution in [2.45, 2.75) is 71.1 Å². The Kier molecular flexibility index (Phi) is 6.19. The van der Waals surface area contributed by atoms with Crippen LogP contribution in [0.4, 0.5) is 0 Å². The molecule has 3 aliphatic rings. The molecule has 2 N–H and O–H groups in total. The Bertz CT molecular complexity index is 1440. The normalized spacial score (nSPS) is 21.4. The highest BCUT2D eigenvalue weighted by Gasteiger charge is 2.49. The first-order valence-electron chi connectivity index (χ1n) is 12.9. The number of nitrogens with zero attached hydrogens (tertiary/aromatic N) is 1. The Labute approximate surface area is 224 Å². The second-order valence-electron chi connectivity index (χ2n) is 12.4. The van der Waals surface area contributed by atoms with Crippen molar-refractivity contribution in [3.63, 3.8) is 0 Å². The molecule has 0 aromatic heterocycles. The molecule has 0 unspecified atom stereocenters. The highest BCUT2D eigenvalue weighted by atomic mass is 32.2. The smallest absolute Gasteiger partial charge is 0.257 e. The number of carbonyl (C=O) groups excluding carboxylic acids is 2. The van der Waals surface area contributed by atoms with Gasteiger partial charge < -0.3 is 5.11 Å². The van der Waals surface area contributed by atoms with Crippen LogP contribution in [0, 0.1) is 17.8 Å². The van der Waals surface area contributed by atoms with Crippen molar-refractivity contribution in [1.29, 1.82) is 0 Å². The Balaban J connectivity index is 1.75. The Morgan fingerprint density at radius 1 is 0.789 bits per heavy atom. The van der Waals surface area contributed by atoms with Gasteiger partial charge in [0, 0.05) is 41.3 Å². The molecular formula is C30H34N2O5S. The number of rotatable bonds is 4. The lowest BCUT2D eigenvalue weighted by molar-refractivity contribution is -0.119. The van der Waals surface area contributed by atoms with Gasteiger partial charge in [-0.15, -0.1) is 4.83 Å². The summed E-state index contributed by atoms with van der Waals surface area (Å²) in [5, 5.41) is 11.4. The lowest BCUT2D eigenvalue weighted by atomic mass is 9.64. The zero-order valence-electron chi connectivity index (χ0n) is 22.5. The minimum Gasteiger partial charge on any atom is -0.508 e. The molecule has 0 amide bonds. The molecule has 0 radical (unpaired) electrons. The van der Waals surface area contributed by atoms with Crippen molar-refractivity contribution in [2.24, 2.45) is 10.8 Å². The second kappa shape index (κ2) is 8.92. The summed E-state index contributed by atoms with van der Waals surface area (Å²) in [4.78, 5) is 30.4. The number of phenolic OH excluding ortho intramolecular Hbond substituents is 1. The highest BCUT2D eigenvalue weighted by molar-refractivity contribution is 7.89. The number of sulfonamides is 1. The molecule has 1 heterocycles. The first-order chi connectivity index (χ1) is 17.7. The van der Waals surface area contributed by atoms with Crippen LogP contribution in [0.25, 0.3) is 0 Å². The maximum atomic E-state index is 13.8. The summed E-state index contributed by atoms with van der Waals surface area (Å²) in [6.07, 6.45) is 1.51. The van der Waals surface area contributed by atoms with E-state index < -0.39 is 26.8 Å². The summed E-state index contributed by atoms with van der Waals surface area (Å²) in [5.74, 6) is -0.725. The third kappa shape index (κ3) is 4.71. The van der Waals surface area contributed by atoms with Gasteiger partial charge in [-0.2, -0.15) is 0 Å². The van der Waals surface area contributed by atoms with E-state index in [2.05, 4.69) is 4.83 Å². The molecule has 5 rings (SSSR count). The molecule has 0 bridgehead atoms. The van der Waals surface area contributed by atoms with Gasteiger partial charge in [0.2, 0.25) is 0 Å². The van der Waals surface area contributed by atoms with E-state index >= 15 is 0 Å².